The second kappa shape index (κ2) is 8.97. The summed E-state index contributed by atoms with van der Waals surface area (Å²) in [7, 11) is 2.16. The van der Waals surface area contributed by atoms with Crippen LogP contribution in [0.5, 0.6) is 0 Å². The van der Waals surface area contributed by atoms with E-state index in [0.29, 0.717) is 0 Å². The van der Waals surface area contributed by atoms with Crippen LogP contribution in [-0.4, -0.2) is 13.1 Å². The normalized spacial score (nSPS) is 26.3. The smallest absolute Gasteiger partial charge is 0.00924 e. The molecule has 0 spiro atoms. The van der Waals surface area contributed by atoms with Crippen molar-refractivity contribution >= 4 is 0 Å². The number of hydrogen-bond acceptors (Lipinski definition) is 1. The number of rotatable bonds is 9. The molecule has 1 N–H and O–H groups in total. The summed E-state index contributed by atoms with van der Waals surface area (Å²) >= 11 is 0. The molecule has 0 aromatic heterocycles. The molecule has 0 bridgehead atoms. The van der Waals surface area contributed by atoms with Crippen LogP contribution < -0.4 is 5.32 Å². The second-order valence-corrected chi connectivity index (χ2v) is 5.95. The molecule has 0 radical (unpaired) electrons. The van der Waals surface area contributed by atoms with Crippen molar-refractivity contribution in [3.63, 3.8) is 0 Å². The third kappa shape index (κ3) is 5.42. The lowest BCUT2D eigenvalue weighted by molar-refractivity contribution is 0.336. The van der Waals surface area contributed by atoms with E-state index in [4.69, 9.17) is 0 Å². The van der Waals surface area contributed by atoms with E-state index in [1.165, 1.54) is 64.2 Å². The van der Waals surface area contributed by atoms with Gasteiger partial charge in [0.2, 0.25) is 0 Å². The van der Waals surface area contributed by atoms with Crippen molar-refractivity contribution < 1.29 is 0 Å². The Hall–Kier alpha value is -0.0400. The van der Waals surface area contributed by atoms with Gasteiger partial charge in [-0.1, -0.05) is 58.8 Å². The molecular weight excluding hydrogens is 206 g/mol. The molecule has 1 fully saturated rings. The molecule has 1 heteroatoms. The minimum atomic E-state index is 0.799. The molecule has 17 heavy (non-hydrogen) atoms. The fourth-order valence-corrected chi connectivity index (χ4v) is 3.43. The van der Waals surface area contributed by atoms with Crippen LogP contribution in [0.1, 0.15) is 78.1 Å². The molecule has 0 heterocycles. The van der Waals surface area contributed by atoms with E-state index in [0.717, 1.165) is 17.9 Å². The van der Waals surface area contributed by atoms with Crippen molar-refractivity contribution in [3.8, 4) is 0 Å². The van der Waals surface area contributed by atoms with E-state index in [1.807, 2.05) is 0 Å². The Morgan fingerprint density at radius 2 is 1.82 bits per heavy atom. The van der Waals surface area contributed by atoms with Gasteiger partial charge in [0.25, 0.3) is 0 Å². The lowest BCUT2D eigenvalue weighted by Crippen LogP contribution is -2.32. The molecule has 3 unspecified atom stereocenters. The molecule has 0 aliphatic heterocycles. The van der Waals surface area contributed by atoms with Gasteiger partial charge in [0.15, 0.2) is 0 Å². The van der Waals surface area contributed by atoms with Crippen molar-refractivity contribution in [1.29, 1.82) is 0 Å². The lowest BCUT2D eigenvalue weighted by atomic mass is 9.92. The van der Waals surface area contributed by atoms with Gasteiger partial charge in [-0.15, -0.1) is 0 Å². The Morgan fingerprint density at radius 3 is 2.41 bits per heavy atom. The SMILES string of the molecule is CCCCCCCC(NC)C1CCC(CC)C1. The minimum absolute atomic E-state index is 0.799. The van der Waals surface area contributed by atoms with Crippen molar-refractivity contribution in [3.05, 3.63) is 0 Å². The summed E-state index contributed by atoms with van der Waals surface area (Å²) in [6, 6.07) is 0.799. The van der Waals surface area contributed by atoms with Crippen LogP contribution >= 0.6 is 0 Å². The average Bonchev–Trinajstić information content (AvgIpc) is 2.82. The van der Waals surface area contributed by atoms with Crippen LogP contribution in [0.15, 0.2) is 0 Å². The predicted molar refractivity (Wildman–Crippen MR) is 77.3 cm³/mol. The minimum Gasteiger partial charge on any atom is -0.317 e. The Bertz CT molecular complexity index is 178. The molecule has 3 atom stereocenters. The van der Waals surface area contributed by atoms with Crippen molar-refractivity contribution in [1.82, 2.24) is 5.32 Å². The van der Waals surface area contributed by atoms with E-state index < -0.39 is 0 Å². The fourth-order valence-electron chi connectivity index (χ4n) is 3.43. The maximum atomic E-state index is 3.58. The third-order valence-electron chi connectivity index (χ3n) is 4.72. The van der Waals surface area contributed by atoms with E-state index in [2.05, 4.69) is 26.2 Å². The Morgan fingerprint density at radius 1 is 1.06 bits per heavy atom. The van der Waals surface area contributed by atoms with Crippen LogP contribution in [0.25, 0.3) is 0 Å². The van der Waals surface area contributed by atoms with E-state index in [9.17, 15) is 0 Å². The van der Waals surface area contributed by atoms with E-state index >= 15 is 0 Å². The van der Waals surface area contributed by atoms with Crippen molar-refractivity contribution in [2.24, 2.45) is 11.8 Å². The van der Waals surface area contributed by atoms with Crippen LogP contribution in [0, 0.1) is 11.8 Å². The van der Waals surface area contributed by atoms with Crippen molar-refractivity contribution in [2.75, 3.05) is 7.05 Å². The topological polar surface area (TPSA) is 12.0 Å². The summed E-state index contributed by atoms with van der Waals surface area (Å²) < 4.78 is 0. The van der Waals surface area contributed by atoms with Gasteiger partial charge in [0, 0.05) is 6.04 Å². The Balaban J connectivity index is 2.15. The van der Waals surface area contributed by atoms with Gasteiger partial charge in [0.05, 0.1) is 0 Å². The molecule has 1 rings (SSSR count). The molecule has 1 aliphatic carbocycles. The van der Waals surface area contributed by atoms with Gasteiger partial charge in [-0.3, -0.25) is 0 Å². The number of nitrogens with one attached hydrogen (secondary N) is 1. The van der Waals surface area contributed by atoms with Crippen molar-refractivity contribution in [2.45, 2.75) is 84.1 Å². The van der Waals surface area contributed by atoms with Gasteiger partial charge >= 0.3 is 0 Å². The fraction of sp³-hybridized carbons (Fsp3) is 1.00. The first-order valence-electron chi connectivity index (χ1n) is 7.99. The first kappa shape index (κ1) is 15.0. The monoisotopic (exact) mass is 239 g/mol. The maximum Gasteiger partial charge on any atom is 0.00924 e. The quantitative estimate of drug-likeness (QED) is 0.572. The second-order valence-electron chi connectivity index (χ2n) is 5.95. The van der Waals surface area contributed by atoms with Crippen LogP contribution in [0.3, 0.4) is 0 Å². The Kier molecular flexibility index (Phi) is 7.92. The standard InChI is InChI=1S/C16H33N/c1-4-6-7-8-9-10-16(17-3)15-12-11-14(5-2)13-15/h14-17H,4-13H2,1-3H3. The lowest BCUT2D eigenvalue weighted by Gasteiger charge is -2.23. The van der Waals surface area contributed by atoms with Gasteiger partial charge in [-0.25, -0.2) is 0 Å². The van der Waals surface area contributed by atoms with Gasteiger partial charge in [0.1, 0.15) is 0 Å². The number of hydrogen-bond donors (Lipinski definition) is 1. The molecule has 1 aliphatic rings. The molecule has 0 aromatic carbocycles. The number of unbranched alkanes of at least 4 members (excludes halogenated alkanes) is 4. The molecular formula is C16H33N. The highest BCUT2D eigenvalue weighted by Crippen LogP contribution is 2.36. The summed E-state index contributed by atoms with van der Waals surface area (Å²) in [5.41, 5.74) is 0. The predicted octanol–water partition coefficient (Wildman–Crippen LogP) is 4.76. The molecule has 102 valence electrons. The maximum absolute atomic E-state index is 3.58. The molecule has 1 nitrogen and oxygen atoms in total. The molecule has 0 saturated heterocycles. The summed E-state index contributed by atoms with van der Waals surface area (Å²) in [6.45, 7) is 4.64. The van der Waals surface area contributed by atoms with Gasteiger partial charge in [-0.05, 0) is 38.1 Å². The van der Waals surface area contributed by atoms with E-state index in [1.54, 1.807) is 0 Å². The molecule has 0 amide bonds. The first-order valence-corrected chi connectivity index (χ1v) is 7.99. The zero-order valence-electron chi connectivity index (χ0n) is 12.3. The summed E-state index contributed by atoms with van der Waals surface area (Å²) in [5.74, 6) is 1.99. The van der Waals surface area contributed by atoms with E-state index in [-0.39, 0.29) is 0 Å². The van der Waals surface area contributed by atoms with Crippen LogP contribution in [0.2, 0.25) is 0 Å². The highest BCUT2D eigenvalue weighted by molar-refractivity contribution is 4.83. The first-order chi connectivity index (χ1) is 8.31. The highest BCUT2D eigenvalue weighted by Gasteiger charge is 2.28. The largest absolute Gasteiger partial charge is 0.317 e. The van der Waals surface area contributed by atoms with Gasteiger partial charge in [-0.2, -0.15) is 0 Å². The Labute approximate surface area is 109 Å². The summed E-state index contributed by atoms with van der Waals surface area (Å²) in [6.07, 6.45) is 14.3. The molecule has 0 aromatic rings. The summed E-state index contributed by atoms with van der Waals surface area (Å²) in [5, 5.41) is 3.58. The summed E-state index contributed by atoms with van der Waals surface area (Å²) in [4.78, 5) is 0. The zero-order chi connectivity index (χ0) is 12.5. The van der Waals surface area contributed by atoms with Gasteiger partial charge < -0.3 is 5.32 Å². The zero-order valence-corrected chi connectivity index (χ0v) is 12.3. The van der Waals surface area contributed by atoms with Crippen LogP contribution in [0.4, 0.5) is 0 Å². The highest BCUT2D eigenvalue weighted by atomic mass is 14.9. The molecule has 1 saturated carbocycles. The third-order valence-corrected chi connectivity index (χ3v) is 4.72. The van der Waals surface area contributed by atoms with Crippen LogP contribution in [-0.2, 0) is 0 Å². The average molecular weight is 239 g/mol.